The number of halogens is 3. The monoisotopic (exact) mass is 415 g/mol. The fourth-order valence-electron chi connectivity index (χ4n) is 2.65. The molecule has 146 valence electrons. The molecular weight excluding hydrogens is 404 g/mol. The second-order valence-electron chi connectivity index (χ2n) is 6.02. The first-order valence-corrected chi connectivity index (χ1v) is 8.57. The second-order valence-corrected chi connectivity index (χ2v) is 6.45. The first-order valence-electron chi connectivity index (χ1n) is 8.19. The zero-order valence-corrected chi connectivity index (χ0v) is 15.3. The second kappa shape index (κ2) is 8.20. The molecule has 0 aliphatic rings. The van der Waals surface area contributed by atoms with E-state index < -0.39 is 29.3 Å². The fourth-order valence-corrected chi connectivity index (χ4v) is 2.82. The van der Waals surface area contributed by atoms with Crippen LogP contribution < -0.4 is 5.32 Å². The summed E-state index contributed by atoms with van der Waals surface area (Å²) < 4.78 is 26.7. The number of hydrogen-bond donors (Lipinski definition) is 2. The number of carbonyl (C=O) groups is 3. The van der Waals surface area contributed by atoms with E-state index >= 15 is 0 Å². The Morgan fingerprint density at radius 3 is 2.14 bits per heavy atom. The van der Waals surface area contributed by atoms with Crippen LogP contribution in [0.25, 0.3) is 0 Å². The first-order chi connectivity index (χ1) is 13.7. The molecule has 8 heteroatoms. The first kappa shape index (κ1) is 20.2. The van der Waals surface area contributed by atoms with Crippen molar-refractivity contribution in [2.24, 2.45) is 0 Å². The van der Waals surface area contributed by atoms with Crippen LogP contribution in [0.1, 0.15) is 36.6 Å². The molecule has 0 aliphatic carbocycles. The van der Waals surface area contributed by atoms with Gasteiger partial charge >= 0.3 is 5.97 Å². The van der Waals surface area contributed by atoms with E-state index in [4.69, 9.17) is 11.6 Å². The highest BCUT2D eigenvalue weighted by Crippen LogP contribution is 2.22. The quantitative estimate of drug-likeness (QED) is 0.586. The lowest BCUT2D eigenvalue weighted by Crippen LogP contribution is -2.15. The van der Waals surface area contributed by atoms with Crippen LogP contribution in [-0.4, -0.2) is 22.8 Å². The average Bonchev–Trinajstić information content (AvgIpc) is 2.68. The lowest BCUT2D eigenvalue weighted by atomic mass is 10.0. The van der Waals surface area contributed by atoms with Gasteiger partial charge in [-0.15, -0.1) is 0 Å². The molecule has 0 atom stereocenters. The van der Waals surface area contributed by atoms with E-state index in [0.29, 0.717) is 6.07 Å². The SMILES string of the molecule is O=C(Nc1ccc(Cl)cc1C(=O)O)c1cccc(C(=O)c2cc(F)cc(F)c2)c1. The third-order valence-electron chi connectivity index (χ3n) is 3.97. The number of ketones is 1. The number of benzene rings is 3. The minimum absolute atomic E-state index is 0.0239. The number of anilines is 1. The minimum atomic E-state index is -1.28. The highest BCUT2D eigenvalue weighted by atomic mass is 35.5. The van der Waals surface area contributed by atoms with Crippen molar-refractivity contribution < 1.29 is 28.3 Å². The maximum atomic E-state index is 13.4. The zero-order valence-electron chi connectivity index (χ0n) is 14.6. The summed E-state index contributed by atoms with van der Waals surface area (Å²) in [5.74, 6) is -4.41. The fraction of sp³-hybridized carbons (Fsp3) is 0. The summed E-state index contributed by atoms with van der Waals surface area (Å²) in [6.45, 7) is 0. The van der Waals surface area contributed by atoms with E-state index in [9.17, 15) is 28.3 Å². The van der Waals surface area contributed by atoms with E-state index in [1.807, 2.05) is 0 Å². The summed E-state index contributed by atoms with van der Waals surface area (Å²) in [5.41, 5.74) is -0.286. The zero-order chi connectivity index (χ0) is 21.1. The lowest BCUT2D eigenvalue weighted by Gasteiger charge is -2.10. The Morgan fingerprint density at radius 2 is 1.48 bits per heavy atom. The molecule has 0 fully saturated rings. The summed E-state index contributed by atoms with van der Waals surface area (Å²) >= 11 is 5.78. The molecule has 0 aliphatic heterocycles. The van der Waals surface area contributed by atoms with Gasteiger partial charge in [-0.3, -0.25) is 9.59 Å². The van der Waals surface area contributed by atoms with Crippen molar-refractivity contribution in [2.45, 2.75) is 0 Å². The van der Waals surface area contributed by atoms with Gasteiger partial charge in [0.15, 0.2) is 5.78 Å². The van der Waals surface area contributed by atoms with Crippen LogP contribution in [-0.2, 0) is 0 Å². The van der Waals surface area contributed by atoms with Crippen LogP contribution >= 0.6 is 11.6 Å². The molecule has 3 rings (SSSR count). The molecule has 29 heavy (non-hydrogen) atoms. The molecule has 2 N–H and O–H groups in total. The molecule has 0 radical (unpaired) electrons. The number of rotatable bonds is 5. The van der Waals surface area contributed by atoms with E-state index in [1.165, 1.54) is 42.5 Å². The summed E-state index contributed by atoms with van der Waals surface area (Å²) in [6, 6.07) is 11.9. The number of hydrogen-bond acceptors (Lipinski definition) is 3. The average molecular weight is 416 g/mol. The summed E-state index contributed by atoms with van der Waals surface area (Å²) in [7, 11) is 0. The van der Waals surface area contributed by atoms with Gasteiger partial charge < -0.3 is 10.4 Å². The van der Waals surface area contributed by atoms with E-state index in [0.717, 1.165) is 12.1 Å². The topological polar surface area (TPSA) is 83.5 Å². The highest BCUT2D eigenvalue weighted by Gasteiger charge is 2.17. The number of carboxylic acid groups (broad SMARTS) is 1. The largest absolute Gasteiger partial charge is 0.478 e. The van der Waals surface area contributed by atoms with Crippen LogP contribution in [0.4, 0.5) is 14.5 Å². The molecule has 0 saturated heterocycles. The summed E-state index contributed by atoms with van der Waals surface area (Å²) in [4.78, 5) is 36.4. The van der Waals surface area contributed by atoms with Crippen molar-refractivity contribution in [2.75, 3.05) is 5.32 Å². The molecule has 1 amide bonds. The maximum Gasteiger partial charge on any atom is 0.337 e. The Balaban J connectivity index is 1.89. The molecule has 0 saturated carbocycles. The number of carboxylic acids is 1. The maximum absolute atomic E-state index is 13.4. The van der Waals surface area contributed by atoms with Gasteiger partial charge in [-0.1, -0.05) is 23.7 Å². The van der Waals surface area contributed by atoms with Crippen molar-refractivity contribution in [1.82, 2.24) is 0 Å². The van der Waals surface area contributed by atoms with Gasteiger partial charge in [-0.25, -0.2) is 13.6 Å². The molecule has 3 aromatic rings. The highest BCUT2D eigenvalue weighted by molar-refractivity contribution is 6.31. The molecule has 0 heterocycles. The molecule has 0 spiro atoms. The van der Waals surface area contributed by atoms with Crippen molar-refractivity contribution in [3.05, 3.63) is 99.6 Å². The minimum Gasteiger partial charge on any atom is -0.478 e. The van der Waals surface area contributed by atoms with E-state index in [2.05, 4.69) is 5.32 Å². The van der Waals surface area contributed by atoms with Gasteiger partial charge in [0, 0.05) is 27.8 Å². The van der Waals surface area contributed by atoms with Crippen LogP contribution in [0.5, 0.6) is 0 Å². The van der Waals surface area contributed by atoms with Crippen LogP contribution in [0.2, 0.25) is 5.02 Å². The summed E-state index contributed by atoms with van der Waals surface area (Å²) in [5, 5.41) is 11.9. The normalized spacial score (nSPS) is 10.4. The Hall–Kier alpha value is -3.58. The molecule has 0 aromatic heterocycles. The van der Waals surface area contributed by atoms with E-state index in [-0.39, 0.29) is 33.0 Å². The third-order valence-corrected chi connectivity index (χ3v) is 4.21. The Kier molecular flexibility index (Phi) is 5.70. The molecule has 5 nitrogen and oxygen atoms in total. The van der Waals surface area contributed by atoms with Crippen LogP contribution in [0.3, 0.4) is 0 Å². The van der Waals surface area contributed by atoms with Gasteiger partial charge in [0.1, 0.15) is 11.6 Å². The number of aromatic carboxylic acids is 1. The number of carbonyl (C=O) groups excluding carboxylic acids is 2. The van der Waals surface area contributed by atoms with Crippen molar-refractivity contribution in [3.63, 3.8) is 0 Å². The van der Waals surface area contributed by atoms with E-state index in [1.54, 1.807) is 0 Å². The van der Waals surface area contributed by atoms with Crippen molar-refractivity contribution >= 4 is 34.9 Å². The van der Waals surface area contributed by atoms with Gasteiger partial charge in [0.2, 0.25) is 0 Å². The number of nitrogens with one attached hydrogen (secondary N) is 1. The standard InChI is InChI=1S/C21H12ClF2NO4/c22-14-4-5-18(17(9-14)21(28)29)25-20(27)12-3-1-2-11(6-12)19(26)13-7-15(23)10-16(24)8-13/h1-10H,(H,25,27)(H,28,29). The number of amides is 1. The lowest BCUT2D eigenvalue weighted by molar-refractivity contribution is 0.0697. The molecule has 0 unspecified atom stereocenters. The Morgan fingerprint density at radius 1 is 0.828 bits per heavy atom. The van der Waals surface area contributed by atoms with Gasteiger partial charge in [0.25, 0.3) is 5.91 Å². The predicted octanol–water partition coefficient (Wildman–Crippen LogP) is 4.80. The predicted molar refractivity (Wildman–Crippen MR) is 103 cm³/mol. The summed E-state index contributed by atoms with van der Waals surface area (Å²) in [6.07, 6.45) is 0. The van der Waals surface area contributed by atoms with Crippen LogP contribution in [0, 0.1) is 11.6 Å². The smallest absolute Gasteiger partial charge is 0.337 e. The molecular formula is C21H12ClF2NO4. The third kappa shape index (κ3) is 4.64. The Bertz CT molecular complexity index is 1130. The molecule has 0 bridgehead atoms. The Labute approximate surface area is 168 Å². The van der Waals surface area contributed by atoms with Gasteiger partial charge in [-0.2, -0.15) is 0 Å². The van der Waals surface area contributed by atoms with Gasteiger partial charge in [0.05, 0.1) is 11.3 Å². The molecule has 3 aromatic carbocycles. The van der Waals surface area contributed by atoms with Crippen LogP contribution in [0.15, 0.2) is 60.7 Å². The van der Waals surface area contributed by atoms with Gasteiger partial charge in [-0.05, 0) is 42.5 Å². The van der Waals surface area contributed by atoms with Crippen molar-refractivity contribution in [3.8, 4) is 0 Å². The van der Waals surface area contributed by atoms with Crippen molar-refractivity contribution in [1.29, 1.82) is 0 Å².